The van der Waals surface area contributed by atoms with Crippen molar-refractivity contribution in [1.82, 2.24) is 5.32 Å². The van der Waals surface area contributed by atoms with E-state index in [0.29, 0.717) is 31.6 Å². The number of nitrogens with one attached hydrogen (secondary N) is 1. The molecule has 25 heavy (non-hydrogen) atoms. The number of ether oxygens (including phenoxy) is 2. The molecule has 5 nitrogen and oxygen atoms in total. The summed E-state index contributed by atoms with van der Waals surface area (Å²) in [7, 11) is 0. The Labute approximate surface area is 155 Å². The number of hydrogen-bond donors (Lipinski definition) is 2. The van der Waals surface area contributed by atoms with E-state index in [9.17, 15) is 4.79 Å². The van der Waals surface area contributed by atoms with Crippen LogP contribution in [-0.2, 0) is 4.79 Å². The summed E-state index contributed by atoms with van der Waals surface area (Å²) in [6, 6.07) is 6.13. The molecule has 2 aliphatic carbocycles. The first-order valence-corrected chi connectivity index (χ1v) is 9.16. The molecule has 1 amide bonds. The minimum atomic E-state index is 0. The van der Waals surface area contributed by atoms with E-state index in [1.165, 1.54) is 12.8 Å². The average molecular weight is 367 g/mol. The molecule has 0 aromatic heterocycles. The van der Waals surface area contributed by atoms with Gasteiger partial charge in [-0.1, -0.05) is 12.5 Å². The molecule has 0 radical (unpaired) electrons. The Balaban J connectivity index is 0.00000182. The standard InChI is InChI=1S/C19H26N2O3.ClH/c20-11-14-2-1-3-15(14)19(22)21-18(12-4-5-12)13-6-7-16-17(10-13)24-9-8-23-16;/h6-7,10,12,14-15,18H,1-5,8-9,11,20H2,(H,21,22);1H/t14-,15-,18?;/m1./s1. The van der Waals surface area contributed by atoms with E-state index in [-0.39, 0.29) is 30.3 Å². The second-order valence-corrected chi connectivity index (χ2v) is 7.26. The minimum Gasteiger partial charge on any atom is -0.486 e. The number of nitrogens with two attached hydrogens (primary N) is 1. The fraction of sp³-hybridized carbons (Fsp3) is 0.632. The van der Waals surface area contributed by atoms with Crippen LogP contribution in [0.4, 0.5) is 0 Å². The molecule has 1 aromatic rings. The largest absolute Gasteiger partial charge is 0.486 e. The summed E-state index contributed by atoms with van der Waals surface area (Å²) in [6.07, 6.45) is 5.49. The molecule has 3 N–H and O–H groups in total. The Morgan fingerprint density at radius 3 is 2.64 bits per heavy atom. The van der Waals surface area contributed by atoms with Crippen molar-refractivity contribution in [2.24, 2.45) is 23.5 Å². The second kappa shape index (κ2) is 7.83. The number of carbonyl (C=O) groups excluding carboxylic acids is 1. The molecule has 1 aromatic carbocycles. The van der Waals surface area contributed by atoms with Crippen molar-refractivity contribution in [2.75, 3.05) is 19.8 Å². The highest BCUT2D eigenvalue weighted by molar-refractivity contribution is 5.85. The highest BCUT2D eigenvalue weighted by Gasteiger charge is 2.38. The van der Waals surface area contributed by atoms with E-state index < -0.39 is 0 Å². The predicted molar refractivity (Wildman–Crippen MR) is 98.2 cm³/mol. The predicted octanol–water partition coefficient (Wildman–Crippen LogP) is 2.82. The fourth-order valence-corrected chi connectivity index (χ4v) is 4.08. The van der Waals surface area contributed by atoms with Gasteiger partial charge in [0.1, 0.15) is 13.2 Å². The molecule has 4 rings (SSSR count). The molecule has 3 atom stereocenters. The van der Waals surface area contributed by atoms with E-state index in [0.717, 1.165) is 36.3 Å². The van der Waals surface area contributed by atoms with E-state index >= 15 is 0 Å². The van der Waals surface area contributed by atoms with Crippen LogP contribution in [0.3, 0.4) is 0 Å². The van der Waals surface area contributed by atoms with Gasteiger partial charge in [-0.2, -0.15) is 0 Å². The maximum Gasteiger partial charge on any atom is 0.223 e. The van der Waals surface area contributed by atoms with Gasteiger partial charge in [0.2, 0.25) is 5.91 Å². The summed E-state index contributed by atoms with van der Waals surface area (Å²) in [5.41, 5.74) is 6.96. The van der Waals surface area contributed by atoms with Gasteiger partial charge in [0.25, 0.3) is 0 Å². The average Bonchev–Trinajstić information content (AvgIpc) is 3.34. The summed E-state index contributed by atoms with van der Waals surface area (Å²) in [5, 5.41) is 3.32. The van der Waals surface area contributed by atoms with Gasteiger partial charge in [-0.25, -0.2) is 0 Å². The van der Waals surface area contributed by atoms with Gasteiger partial charge in [-0.05, 0) is 61.8 Å². The van der Waals surface area contributed by atoms with Crippen LogP contribution in [0.25, 0.3) is 0 Å². The van der Waals surface area contributed by atoms with Crippen LogP contribution in [-0.4, -0.2) is 25.7 Å². The van der Waals surface area contributed by atoms with Crippen LogP contribution in [0.5, 0.6) is 11.5 Å². The van der Waals surface area contributed by atoms with Crippen LogP contribution in [0.2, 0.25) is 0 Å². The van der Waals surface area contributed by atoms with Crippen molar-refractivity contribution in [3.05, 3.63) is 23.8 Å². The van der Waals surface area contributed by atoms with Crippen molar-refractivity contribution in [1.29, 1.82) is 0 Å². The number of amides is 1. The number of benzene rings is 1. The summed E-state index contributed by atoms with van der Waals surface area (Å²) in [6.45, 7) is 1.78. The fourth-order valence-electron chi connectivity index (χ4n) is 4.08. The molecule has 1 heterocycles. The maximum absolute atomic E-state index is 12.8. The van der Waals surface area contributed by atoms with Crippen molar-refractivity contribution in [2.45, 2.75) is 38.1 Å². The molecule has 1 aliphatic heterocycles. The first-order chi connectivity index (χ1) is 11.8. The summed E-state index contributed by atoms with van der Waals surface area (Å²) in [4.78, 5) is 12.8. The van der Waals surface area contributed by atoms with Crippen LogP contribution >= 0.6 is 12.4 Å². The smallest absolute Gasteiger partial charge is 0.223 e. The first-order valence-electron chi connectivity index (χ1n) is 9.16. The zero-order chi connectivity index (χ0) is 16.5. The molecular weight excluding hydrogens is 340 g/mol. The van der Waals surface area contributed by atoms with Crippen LogP contribution in [0, 0.1) is 17.8 Å². The molecule has 0 bridgehead atoms. The number of fused-ring (bicyclic) bond motifs is 1. The van der Waals surface area contributed by atoms with Gasteiger partial charge in [0.15, 0.2) is 11.5 Å². The Bertz CT molecular complexity index is 621. The molecule has 6 heteroatoms. The molecule has 3 aliphatic rings. The van der Waals surface area contributed by atoms with Gasteiger partial charge >= 0.3 is 0 Å². The van der Waals surface area contributed by atoms with Gasteiger partial charge < -0.3 is 20.5 Å². The lowest BCUT2D eigenvalue weighted by Crippen LogP contribution is -2.38. The quantitative estimate of drug-likeness (QED) is 0.840. The summed E-state index contributed by atoms with van der Waals surface area (Å²) < 4.78 is 11.3. The lowest BCUT2D eigenvalue weighted by atomic mass is 9.93. The number of rotatable bonds is 5. The Morgan fingerprint density at radius 2 is 1.92 bits per heavy atom. The van der Waals surface area contributed by atoms with E-state index in [1.54, 1.807) is 0 Å². The van der Waals surface area contributed by atoms with Crippen molar-refractivity contribution in [3.8, 4) is 11.5 Å². The minimum absolute atomic E-state index is 0. The molecule has 1 unspecified atom stereocenters. The highest BCUT2D eigenvalue weighted by Crippen LogP contribution is 2.44. The van der Waals surface area contributed by atoms with Gasteiger partial charge in [-0.3, -0.25) is 4.79 Å². The zero-order valence-corrected chi connectivity index (χ0v) is 15.2. The monoisotopic (exact) mass is 366 g/mol. The van der Waals surface area contributed by atoms with Gasteiger partial charge in [-0.15, -0.1) is 12.4 Å². The number of carbonyl (C=O) groups is 1. The van der Waals surface area contributed by atoms with Crippen LogP contribution in [0.15, 0.2) is 18.2 Å². The van der Waals surface area contributed by atoms with Crippen molar-refractivity contribution in [3.63, 3.8) is 0 Å². The Morgan fingerprint density at radius 1 is 1.16 bits per heavy atom. The number of halogens is 1. The van der Waals surface area contributed by atoms with E-state index in [1.807, 2.05) is 12.1 Å². The third kappa shape index (κ3) is 3.87. The summed E-state index contributed by atoms with van der Waals surface area (Å²) >= 11 is 0. The molecule has 2 saturated carbocycles. The lowest BCUT2D eigenvalue weighted by Gasteiger charge is -2.25. The van der Waals surface area contributed by atoms with E-state index in [4.69, 9.17) is 15.2 Å². The van der Waals surface area contributed by atoms with Gasteiger partial charge in [0, 0.05) is 5.92 Å². The third-order valence-corrected chi connectivity index (χ3v) is 5.62. The highest BCUT2D eigenvalue weighted by atomic mass is 35.5. The third-order valence-electron chi connectivity index (χ3n) is 5.62. The Kier molecular flexibility index (Phi) is 5.74. The maximum atomic E-state index is 12.8. The Hall–Kier alpha value is -1.46. The SMILES string of the molecule is Cl.NC[C@H]1CCC[C@H]1C(=O)NC(c1ccc2c(c1)OCCO2)C1CC1. The molecule has 0 spiro atoms. The molecule has 138 valence electrons. The zero-order valence-electron chi connectivity index (χ0n) is 14.4. The van der Waals surface area contributed by atoms with Gasteiger partial charge in [0.05, 0.1) is 6.04 Å². The topological polar surface area (TPSA) is 73.6 Å². The lowest BCUT2D eigenvalue weighted by molar-refractivity contribution is -0.126. The van der Waals surface area contributed by atoms with E-state index in [2.05, 4.69) is 11.4 Å². The molecular formula is C19H27ClN2O3. The molecule has 0 saturated heterocycles. The number of hydrogen-bond acceptors (Lipinski definition) is 4. The van der Waals surface area contributed by atoms with Crippen molar-refractivity contribution < 1.29 is 14.3 Å². The normalized spacial score (nSPS) is 25.8. The second-order valence-electron chi connectivity index (χ2n) is 7.26. The first kappa shape index (κ1) is 18.3. The van der Waals surface area contributed by atoms with Crippen LogP contribution in [0.1, 0.15) is 43.7 Å². The van der Waals surface area contributed by atoms with Crippen LogP contribution < -0.4 is 20.5 Å². The van der Waals surface area contributed by atoms with Crippen molar-refractivity contribution >= 4 is 18.3 Å². The summed E-state index contributed by atoms with van der Waals surface area (Å²) in [5.74, 6) is 2.71. The molecule has 2 fully saturated rings.